The number of aliphatic imine (C=N–C) groups is 1. The molecule has 124 valence electrons. The van der Waals surface area contributed by atoms with Crippen LogP contribution in [0.5, 0.6) is 0 Å². The molecule has 0 aliphatic carbocycles. The lowest BCUT2D eigenvalue weighted by atomic mass is 10.2. The van der Waals surface area contributed by atoms with Crippen molar-refractivity contribution in [2.24, 2.45) is 4.99 Å². The summed E-state index contributed by atoms with van der Waals surface area (Å²) >= 11 is 6.06. The summed E-state index contributed by atoms with van der Waals surface area (Å²) in [5.74, 6) is 0.742. The van der Waals surface area contributed by atoms with Crippen LogP contribution in [0.25, 0.3) is 0 Å². The molecule has 0 bridgehead atoms. The van der Waals surface area contributed by atoms with E-state index in [1.807, 2.05) is 43.3 Å². The quantitative estimate of drug-likeness (QED) is 0.686. The Bertz CT molecular complexity index is 790. The first-order chi connectivity index (χ1) is 11.6. The minimum atomic E-state index is -0.330. The van der Waals surface area contributed by atoms with E-state index in [1.165, 1.54) is 0 Å². The van der Waals surface area contributed by atoms with Gasteiger partial charge in [-0.1, -0.05) is 23.7 Å². The van der Waals surface area contributed by atoms with Gasteiger partial charge in [0.15, 0.2) is 5.96 Å². The van der Waals surface area contributed by atoms with E-state index < -0.39 is 0 Å². The Morgan fingerprint density at radius 2 is 1.88 bits per heavy atom. The van der Waals surface area contributed by atoms with Crippen molar-refractivity contribution >= 4 is 40.7 Å². The zero-order valence-electron chi connectivity index (χ0n) is 13.2. The Hall–Kier alpha value is -2.73. The monoisotopic (exact) mass is 343 g/mol. The van der Waals surface area contributed by atoms with Gasteiger partial charge in [-0.25, -0.2) is 4.79 Å². The number of urea groups is 1. The fourth-order valence-electron chi connectivity index (χ4n) is 2.26. The predicted molar refractivity (Wildman–Crippen MR) is 99.2 cm³/mol. The molecule has 0 fully saturated rings. The van der Waals surface area contributed by atoms with E-state index in [0.29, 0.717) is 16.4 Å². The first-order valence-corrected chi connectivity index (χ1v) is 7.97. The molecule has 0 radical (unpaired) electrons. The van der Waals surface area contributed by atoms with Gasteiger partial charge in [-0.3, -0.25) is 4.99 Å². The number of carbonyl (C=O) groups is 1. The second-order valence-corrected chi connectivity index (χ2v) is 5.81. The zero-order chi connectivity index (χ0) is 16.9. The largest absolute Gasteiger partial charge is 0.354 e. The number of rotatable bonds is 3. The van der Waals surface area contributed by atoms with Gasteiger partial charge < -0.3 is 21.3 Å². The number of halogens is 1. The minimum absolute atomic E-state index is 0.330. The van der Waals surface area contributed by atoms with Crippen molar-refractivity contribution < 1.29 is 4.79 Å². The zero-order valence-corrected chi connectivity index (χ0v) is 13.9. The molecule has 2 aromatic carbocycles. The van der Waals surface area contributed by atoms with Gasteiger partial charge in [0.2, 0.25) is 0 Å². The van der Waals surface area contributed by atoms with Crippen molar-refractivity contribution in [3.63, 3.8) is 0 Å². The van der Waals surface area contributed by atoms with E-state index in [9.17, 15) is 4.79 Å². The highest BCUT2D eigenvalue weighted by Crippen LogP contribution is 2.20. The number of amides is 2. The van der Waals surface area contributed by atoms with Crippen LogP contribution in [0, 0.1) is 6.92 Å². The smallest absolute Gasteiger partial charge is 0.323 e. The molecular formula is C17H18ClN5O. The minimum Gasteiger partial charge on any atom is -0.354 e. The summed E-state index contributed by atoms with van der Waals surface area (Å²) in [6.45, 7) is 3.51. The van der Waals surface area contributed by atoms with E-state index in [1.54, 1.807) is 6.07 Å². The topological polar surface area (TPSA) is 77.6 Å². The van der Waals surface area contributed by atoms with Crippen molar-refractivity contribution in [3.05, 3.63) is 53.1 Å². The van der Waals surface area contributed by atoms with Crippen molar-refractivity contribution in [1.82, 2.24) is 5.32 Å². The van der Waals surface area contributed by atoms with Crippen molar-refractivity contribution in [1.29, 1.82) is 0 Å². The molecule has 0 saturated heterocycles. The van der Waals surface area contributed by atoms with Gasteiger partial charge in [-0.15, -0.1) is 0 Å². The molecular weight excluding hydrogens is 326 g/mol. The van der Waals surface area contributed by atoms with Crippen LogP contribution in [0.1, 0.15) is 5.56 Å². The number of nitrogens with one attached hydrogen (secondary N) is 4. The fourth-order valence-corrected chi connectivity index (χ4v) is 2.44. The molecule has 6 nitrogen and oxygen atoms in total. The van der Waals surface area contributed by atoms with Crippen LogP contribution in [-0.4, -0.2) is 25.1 Å². The number of aryl methyl sites for hydroxylation is 1. The molecule has 0 atom stereocenters. The molecule has 0 aromatic heterocycles. The summed E-state index contributed by atoms with van der Waals surface area (Å²) in [5, 5.41) is 12.5. The second-order valence-electron chi connectivity index (χ2n) is 5.41. The normalized spacial score (nSPS) is 13.0. The van der Waals surface area contributed by atoms with Crippen LogP contribution < -0.4 is 21.3 Å². The molecule has 0 saturated carbocycles. The van der Waals surface area contributed by atoms with Crippen LogP contribution in [0.3, 0.4) is 0 Å². The molecule has 1 aliphatic rings. The van der Waals surface area contributed by atoms with E-state index in [4.69, 9.17) is 11.6 Å². The molecule has 7 heteroatoms. The number of anilines is 3. The van der Waals surface area contributed by atoms with Gasteiger partial charge >= 0.3 is 6.03 Å². The third-order valence-electron chi connectivity index (χ3n) is 3.49. The Balaban J connectivity index is 1.62. The summed E-state index contributed by atoms with van der Waals surface area (Å²) in [6.07, 6.45) is 0. The molecule has 2 amide bonds. The number of guanidine groups is 1. The summed E-state index contributed by atoms with van der Waals surface area (Å²) in [4.78, 5) is 16.4. The van der Waals surface area contributed by atoms with E-state index in [2.05, 4.69) is 26.3 Å². The second kappa shape index (κ2) is 7.23. The van der Waals surface area contributed by atoms with Crippen molar-refractivity contribution in [3.8, 4) is 0 Å². The Labute approximate surface area is 145 Å². The highest BCUT2D eigenvalue weighted by molar-refractivity contribution is 6.31. The first kappa shape index (κ1) is 16.1. The highest BCUT2D eigenvalue weighted by atomic mass is 35.5. The van der Waals surface area contributed by atoms with Crippen molar-refractivity contribution in [2.45, 2.75) is 6.92 Å². The fraction of sp³-hybridized carbons (Fsp3) is 0.176. The number of hydrogen-bond acceptors (Lipinski definition) is 4. The van der Waals surface area contributed by atoms with E-state index in [0.717, 1.165) is 30.3 Å². The van der Waals surface area contributed by atoms with Crippen LogP contribution in [0.4, 0.5) is 21.9 Å². The third-order valence-corrected chi connectivity index (χ3v) is 3.89. The van der Waals surface area contributed by atoms with E-state index >= 15 is 0 Å². The molecule has 0 spiro atoms. The molecule has 24 heavy (non-hydrogen) atoms. The molecule has 4 N–H and O–H groups in total. The van der Waals surface area contributed by atoms with Crippen LogP contribution in [0.15, 0.2) is 47.5 Å². The number of benzene rings is 2. The van der Waals surface area contributed by atoms with Gasteiger partial charge in [0.25, 0.3) is 0 Å². The summed E-state index contributed by atoms with van der Waals surface area (Å²) < 4.78 is 0. The molecule has 1 heterocycles. The third kappa shape index (κ3) is 4.17. The van der Waals surface area contributed by atoms with Crippen LogP contribution >= 0.6 is 11.6 Å². The summed E-state index contributed by atoms with van der Waals surface area (Å²) in [6, 6.07) is 12.5. The summed E-state index contributed by atoms with van der Waals surface area (Å²) in [5.41, 5.74) is 3.13. The predicted octanol–water partition coefficient (Wildman–Crippen LogP) is 3.66. The van der Waals surface area contributed by atoms with Gasteiger partial charge in [0.1, 0.15) is 0 Å². The maximum atomic E-state index is 12.1. The lowest BCUT2D eigenvalue weighted by Crippen LogP contribution is -2.26. The molecule has 0 unspecified atom stereocenters. The number of carbonyl (C=O) groups excluding carboxylic acids is 1. The summed E-state index contributed by atoms with van der Waals surface area (Å²) in [7, 11) is 0. The highest BCUT2D eigenvalue weighted by Gasteiger charge is 2.07. The lowest BCUT2D eigenvalue weighted by molar-refractivity contribution is 0.262. The van der Waals surface area contributed by atoms with Crippen LogP contribution in [0.2, 0.25) is 5.02 Å². The first-order valence-electron chi connectivity index (χ1n) is 7.60. The maximum absolute atomic E-state index is 12.1. The van der Waals surface area contributed by atoms with Gasteiger partial charge in [-0.05, 0) is 42.8 Å². The Morgan fingerprint density at radius 3 is 2.58 bits per heavy atom. The van der Waals surface area contributed by atoms with Crippen molar-refractivity contribution in [2.75, 3.05) is 29.0 Å². The molecule has 3 rings (SSSR count). The average molecular weight is 344 g/mol. The average Bonchev–Trinajstić information content (AvgIpc) is 3.04. The van der Waals surface area contributed by atoms with Gasteiger partial charge in [0.05, 0.1) is 6.54 Å². The standard InChI is InChI=1S/C17H18ClN5O/c1-11-5-6-14(10-15(11)18)23-17(24)22-13-4-2-3-12(9-13)21-16-19-7-8-20-16/h2-6,9-10H,7-8H2,1H3,(H2,19,20,21)(H2,22,23,24). The molecule has 1 aliphatic heterocycles. The number of hydrogen-bond donors (Lipinski definition) is 4. The number of nitrogens with zero attached hydrogens (tertiary/aromatic N) is 1. The Morgan fingerprint density at radius 1 is 1.12 bits per heavy atom. The maximum Gasteiger partial charge on any atom is 0.323 e. The van der Waals surface area contributed by atoms with Gasteiger partial charge in [-0.2, -0.15) is 0 Å². The van der Waals surface area contributed by atoms with Gasteiger partial charge in [0, 0.05) is 28.6 Å². The van der Waals surface area contributed by atoms with E-state index in [-0.39, 0.29) is 6.03 Å². The SMILES string of the molecule is Cc1ccc(NC(=O)Nc2cccc(NC3=NCCN3)c2)cc1Cl. The lowest BCUT2D eigenvalue weighted by Gasteiger charge is -2.11. The molecule has 2 aromatic rings. The Kier molecular flexibility index (Phi) is 4.86. The van der Waals surface area contributed by atoms with Crippen LogP contribution in [-0.2, 0) is 0 Å².